The predicted octanol–water partition coefficient (Wildman–Crippen LogP) is 1.77. The number of nitrogens with zero attached hydrogens (tertiary/aromatic N) is 3. The molecule has 3 heterocycles. The van der Waals surface area contributed by atoms with Gasteiger partial charge in [-0.15, -0.1) is 0 Å². The minimum Gasteiger partial charge on any atom is -0.360 e. The molecule has 2 aromatic heterocycles. The number of anilines is 2. The number of pyridine rings is 1. The summed E-state index contributed by atoms with van der Waals surface area (Å²) < 4.78 is 28.4. The molecule has 1 saturated heterocycles. The molecule has 1 fully saturated rings. The lowest BCUT2D eigenvalue weighted by molar-refractivity contribution is 0.0708. The van der Waals surface area contributed by atoms with Crippen LogP contribution in [0.3, 0.4) is 0 Å². The monoisotopic (exact) mass is 364 g/mol. The fourth-order valence-electron chi connectivity index (χ4n) is 2.95. The fourth-order valence-corrected chi connectivity index (χ4v) is 4.68. The van der Waals surface area contributed by atoms with Crippen LogP contribution in [0.4, 0.5) is 11.5 Å². The van der Waals surface area contributed by atoms with Crippen molar-refractivity contribution in [1.29, 1.82) is 0 Å². The first-order valence-corrected chi connectivity index (χ1v) is 9.87. The number of amides is 1. The van der Waals surface area contributed by atoms with Crippen LogP contribution in [-0.2, 0) is 9.84 Å². The van der Waals surface area contributed by atoms with Gasteiger partial charge in [0.2, 0.25) is 0 Å². The molecular weight excluding hydrogens is 344 g/mol. The standard InChI is InChI=1S/C16H20N4O4S/c1-3-20(14-4-5-25(22,23)10-14)16(21)12-7-13(9-17-8-12)18-15-6-11(2)24-19-15/h6-9,14H,3-5,10H2,1-2H3,(H,18,19). The molecule has 1 atom stereocenters. The lowest BCUT2D eigenvalue weighted by atomic mass is 10.1. The van der Waals surface area contributed by atoms with Gasteiger partial charge in [-0.1, -0.05) is 5.16 Å². The molecule has 9 heteroatoms. The van der Waals surface area contributed by atoms with Gasteiger partial charge in [-0.25, -0.2) is 8.42 Å². The summed E-state index contributed by atoms with van der Waals surface area (Å²) in [6, 6.07) is 3.12. The molecule has 0 radical (unpaired) electrons. The summed E-state index contributed by atoms with van der Waals surface area (Å²) in [5.41, 5.74) is 1.01. The van der Waals surface area contributed by atoms with Crippen LogP contribution in [-0.4, -0.2) is 53.5 Å². The molecule has 1 amide bonds. The average Bonchev–Trinajstić information content (AvgIpc) is 3.13. The van der Waals surface area contributed by atoms with Crippen LogP contribution in [0.25, 0.3) is 0 Å². The topological polar surface area (TPSA) is 105 Å². The maximum absolute atomic E-state index is 12.8. The minimum atomic E-state index is -3.05. The summed E-state index contributed by atoms with van der Waals surface area (Å²) >= 11 is 0. The lowest BCUT2D eigenvalue weighted by Crippen LogP contribution is -2.41. The van der Waals surface area contributed by atoms with Gasteiger partial charge in [-0.3, -0.25) is 9.78 Å². The van der Waals surface area contributed by atoms with E-state index in [0.29, 0.717) is 35.8 Å². The SMILES string of the molecule is CCN(C(=O)c1cncc(Nc2cc(C)on2)c1)C1CCS(=O)(=O)C1. The number of aromatic nitrogens is 2. The van der Waals surface area contributed by atoms with E-state index in [4.69, 9.17) is 4.52 Å². The molecule has 0 bridgehead atoms. The first-order valence-electron chi connectivity index (χ1n) is 8.05. The third kappa shape index (κ3) is 3.98. The second-order valence-corrected chi connectivity index (χ2v) is 8.29. The molecule has 0 aromatic carbocycles. The van der Waals surface area contributed by atoms with Gasteiger partial charge in [0, 0.05) is 24.8 Å². The molecule has 1 unspecified atom stereocenters. The average molecular weight is 364 g/mol. The van der Waals surface area contributed by atoms with Crippen LogP contribution in [0.15, 0.2) is 29.0 Å². The van der Waals surface area contributed by atoms with E-state index in [-0.39, 0.29) is 23.5 Å². The van der Waals surface area contributed by atoms with Crippen LogP contribution in [0, 0.1) is 6.92 Å². The normalized spacial score (nSPS) is 18.9. The van der Waals surface area contributed by atoms with Crippen molar-refractivity contribution in [3.05, 3.63) is 35.9 Å². The molecule has 1 N–H and O–H groups in total. The van der Waals surface area contributed by atoms with Gasteiger partial charge in [-0.05, 0) is 26.3 Å². The van der Waals surface area contributed by atoms with Crippen molar-refractivity contribution in [2.75, 3.05) is 23.4 Å². The van der Waals surface area contributed by atoms with Crippen molar-refractivity contribution in [3.63, 3.8) is 0 Å². The van der Waals surface area contributed by atoms with E-state index in [2.05, 4.69) is 15.5 Å². The number of sulfone groups is 1. The zero-order valence-corrected chi connectivity index (χ0v) is 14.9. The number of aryl methyl sites for hydroxylation is 1. The Morgan fingerprint density at radius 1 is 1.40 bits per heavy atom. The fraction of sp³-hybridized carbons (Fsp3) is 0.438. The molecule has 8 nitrogen and oxygen atoms in total. The summed E-state index contributed by atoms with van der Waals surface area (Å²) in [6.45, 7) is 4.07. The van der Waals surface area contributed by atoms with Crippen molar-refractivity contribution >= 4 is 27.2 Å². The number of carbonyl (C=O) groups is 1. The Hall–Kier alpha value is -2.42. The lowest BCUT2D eigenvalue weighted by Gasteiger charge is -2.26. The van der Waals surface area contributed by atoms with E-state index < -0.39 is 9.84 Å². The van der Waals surface area contributed by atoms with Gasteiger partial charge in [0.15, 0.2) is 15.7 Å². The van der Waals surface area contributed by atoms with E-state index in [1.54, 1.807) is 30.2 Å². The molecule has 0 aliphatic carbocycles. The highest BCUT2D eigenvalue weighted by atomic mass is 32.2. The van der Waals surface area contributed by atoms with Gasteiger partial charge < -0.3 is 14.7 Å². The molecule has 2 aromatic rings. The number of nitrogens with one attached hydrogen (secondary N) is 1. The zero-order valence-electron chi connectivity index (χ0n) is 14.1. The Bertz CT molecular complexity index is 878. The van der Waals surface area contributed by atoms with E-state index in [0.717, 1.165) is 0 Å². The van der Waals surface area contributed by atoms with Gasteiger partial charge in [0.1, 0.15) is 5.76 Å². The van der Waals surface area contributed by atoms with Crippen molar-refractivity contribution in [2.45, 2.75) is 26.3 Å². The largest absolute Gasteiger partial charge is 0.360 e. The van der Waals surface area contributed by atoms with E-state index in [1.165, 1.54) is 6.20 Å². The molecule has 25 heavy (non-hydrogen) atoms. The molecule has 0 spiro atoms. The molecular formula is C16H20N4O4S. The molecule has 0 saturated carbocycles. The summed E-state index contributed by atoms with van der Waals surface area (Å²) in [5, 5.41) is 6.87. The first kappa shape index (κ1) is 17.4. The van der Waals surface area contributed by atoms with Crippen molar-refractivity contribution in [1.82, 2.24) is 15.0 Å². The molecule has 134 valence electrons. The Morgan fingerprint density at radius 2 is 2.20 bits per heavy atom. The highest BCUT2D eigenvalue weighted by Gasteiger charge is 2.34. The van der Waals surface area contributed by atoms with Gasteiger partial charge in [0.05, 0.1) is 29.0 Å². The van der Waals surface area contributed by atoms with Gasteiger partial charge >= 0.3 is 0 Å². The Balaban J connectivity index is 1.78. The van der Waals surface area contributed by atoms with Crippen LogP contribution < -0.4 is 5.32 Å². The number of hydrogen-bond donors (Lipinski definition) is 1. The van der Waals surface area contributed by atoms with E-state index in [9.17, 15) is 13.2 Å². The number of rotatable bonds is 5. The highest BCUT2D eigenvalue weighted by Crippen LogP contribution is 2.21. The minimum absolute atomic E-state index is 0.0240. The Kier molecular flexibility index (Phi) is 4.76. The van der Waals surface area contributed by atoms with Crippen LogP contribution >= 0.6 is 0 Å². The second-order valence-electron chi connectivity index (χ2n) is 6.06. The zero-order chi connectivity index (χ0) is 18.0. The quantitative estimate of drug-likeness (QED) is 0.862. The first-order chi connectivity index (χ1) is 11.9. The summed E-state index contributed by atoms with van der Waals surface area (Å²) in [6.07, 6.45) is 3.54. The Labute approximate surface area is 146 Å². The van der Waals surface area contributed by atoms with Crippen molar-refractivity contribution < 1.29 is 17.7 Å². The molecule has 3 rings (SSSR count). The summed E-state index contributed by atoms with van der Waals surface area (Å²) in [4.78, 5) is 18.5. The van der Waals surface area contributed by atoms with Crippen LogP contribution in [0.5, 0.6) is 0 Å². The van der Waals surface area contributed by atoms with Crippen LogP contribution in [0.1, 0.15) is 29.5 Å². The van der Waals surface area contributed by atoms with Crippen molar-refractivity contribution in [2.24, 2.45) is 0 Å². The maximum Gasteiger partial charge on any atom is 0.255 e. The predicted molar refractivity (Wildman–Crippen MR) is 92.5 cm³/mol. The van der Waals surface area contributed by atoms with Crippen molar-refractivity contribution in [3.8, 4) is 0 Å². The third-order valence-electron chi connectivity index (χ3n) is 4.14. The van der Waals surface area contributed by atoms with Gasteiger partial charge in [-0.2, -0.15) is 0 Å². The number of carbonyl (C=O) groups excluding carboxylic acids is 1. The van der Waals surface area contributed by atoms with Gasteiger partial charge in [0.25, 0.3) is 5.91 Å². The number of hydrogen-bond acceptors (Lipinski definition) is 7. The Morgan fingerprint density at radius 3 is 2.80 bits per heavy atom. The second kappa shape index (κ2) is 6.83. The molecule has 1 aliphatic rings. The maximum atomic E-state index is 12.8. The summed E-state index contributed by atoms with van der Waals surface area (Å²) in [7, 11) is -3.05. The third-order valence-corrected chi connectivity index (χ3v) is 5.89. The molecule has 1 aliphatic heterocycles. The van der Waals surface area contributed by atoms with Crippen LogP contribution in [0.2, 0.25) is 0 Å². The van der Waals surface area contributed by atoms with E-state index in [1.807, 2.05) is 6.92 Å². The highest BCUT2D eigenvalue weighted by molar-refractivity contribution is 7.91. The summed E-state index contributed by atoms with van der Waals surface area (Å²) in [5.74, 6) is 1.13. The smallest absolute Gasteiger partial charge is 0.255 e. The van der Waals surface area contributed by atoms with E-state index >= 15 is 0 Å².